The first-order chi connectivity index (χ1) is 15.8. The zero-order chi connectivity index (χ0) is 23.2. The molecule has 0 saturated heterocycles. The summed E-state index contributed by atoms with van der Waals surface area (Å²) in [7, 11) is 0. The topological polar surface area (TPSA) is 26.0 Å². The SMILES string of the molecule is Cc1cccc(-c2oc3ccc(-c4cccc(-c5cc(C)ccn5)c4)cc3c2C(C)(C)C)c1. The molecule has 0 aliphatic carbocycles. The largest absolute Gasteiger partial charge is 0.456 e. The van der Waals surface area contributed by atoms with Crippen molar-refractivity contribution in [3.63, 3.8) is 0 Å². The summed E-state index contributed by atoms with van der Waals surface area (Å²) in [6.45, 7) is 11.0. The average Bonchev–Trinajstić information content (AvgIpc) is 3.19. The van der Waals surface area contributed by atoms with Crippen LogP contribution in [0.4, 0.5) is 0 Å². The summed E-state index contributed by atoms with van der Waals surface area (Å²) in [5.74, 6) is 0.969. The third kappa shape index (κ3) is 4.09. The van der Waals surface area contributed by atoms with Crippen LogP contribution in [-0.4, -0.2) is 4.98 Å². The Morgan fingerprint density at radius 2 is 1.36 bits per heavy atom. The Morgan fingerprint density at radius 1 is 0.667 bits per heavy atom. The highest BCUT2D eigenvalue weighted by molar-refractivity contribution is 5.92. The zero-order valence-electron chi connectivity index (χ0n) is 19.9. The molecule has 2 aromatic heterocycles. The normalized spacial score (nSPS) is 11.8. The third-order valence-corrected chi connectivity index (χ3v) is 6.13. The van der Waals surface area contributed by atoms with Crippen molar-refractivity contribution >= 4 is 11.0 Å². The minimum Gasteiger partial charge on any atom is -0.456 e. The van der Waals surface area contributed by atoms with Gasteiger partial charge in [-0.2, -0.15) is 0 Å². The van der Waals surface area contributed by atoms with E-state index in [1.54, 1.807) is 0 Å². The molecule has 0 saturated carbocycles. The van der Waals surface area contributed by atoms with Gasteiger partial charge in [-0.1, -0.05) is 68.8 Å². The van der Waals surface area contributed by atoms with Gasteiger partial charge in [0.2, 0.25) is 0 Å². The molecule has 0 amide bonds. The first kappa shape index (κ1) is 21.2. The lowest BCUT2D eigenvalue weighted by molar-refractivity contribution is 0.568. The highest BCUT2D eigenvalue weighted by Crippen LogP contribution is 2.42. The summed E-state index contributed by atoms with van der Waals surface area (Å²) in [5.41, 5.74) is 10.2. The number of nitrogens with zero attached hydrogens (tertiary/aromatic N) is 1. The molecule has 0 fully saturated rings. The fourth-order valence-electron chi connectivity index (χ4n) is 4.56. The zero-order valence-corrected chi connectivity index (χ0v) is 19.9. The van der Waals surface area contributed by atoms with Gasteiger partial charge in [0.1, 0.15) is 11.3 Å². The molecule has 0 unspecified atom stereocenters. The van der Waals surface area contributed by atoms with Crippen molar-refractivity contribution < 1.29 is 4.42 Å². The van der Waals surface area contributed by atoms with Crippen LogP contribution in [0.2, 0.25) is 0 Å². The molecule has 164 valence electrons. The van der Waals surface area contributed by atoms with Crippen LogP contribution in [0.1, 0.15) is 37.5 Å². The molecule has 3 aromatic carbocycles. The number of pyridine rings is 1. The highest BCUT2D eigenvalue weighted by Gasteiger charge is 2.26. The number of hydrogen-bond donors (Lipinski definition) is 0. The molecule has 0 N–H and O–H groups in total. The molecular formula is C31H29NO. The van der Waals surface area contributed by atoms with Gasteiger partial charge in [0.15, 0.2) is 0 Å². The van der Waals surface area contributed by atoms with Crippen LogP contribution >= 0.6 is 0 Å². The first-order valence-corrected chi connectivity index (χ1v) is 11.5. The summed E-state index contributed by atoms with van der Waals surface area (Å²) < 4.78 is 6.45. The smallest absolute Gasteiger partial charge is 0.139 e. The van der Waals surface area contributed by atoms with Gasteiger partial charge in [-0.05, 0) is 72.4 Å². The number of rotatable bonds is 3. The second-order valence-corrected chi connectivity index (χ2v) is 9.94. The van der Waals surface area contributed by atoms with Gasteiger partial charge in [-0.3, -0.25) is 4.98 Å². The van der Waals surface area contributed by atoms with Gasteiger partial charge >= 0.3 is 0 Å². The van der Waals surface area contributed by atoms with E-state index >= 15 is 0 Å². The number of benzene rings is 3. The Bertz CT molecular complexity index is 1470. The minimum atomic E-state index is -0.0592. The van der Waals surface area contributed by atoms with E-state index in [1.807, 2.05) is 12.3 Å². The van der Waals surface area contributed by atoms with Gasteiger partial charge < -0.3 is 4.42 Å². The number of furan rings is 1. The maximum Gasteiger partial charge on any atom is 0.139 e. The van der Waals surface area contributed by atoms with Crippen LogP contribution < -0.4 is 0 Å². The molecule has 0 radical (unpaired) electrons. The summed E-state index contributed by atoms with van der Waals surface area (Å²) >= 11 is 0. The van der Waals surface area contributed by atoms with Crippen molar-refractivity contribution in [3.8, 4) is 33.7 Å². The van der Waals surface area contributed by atoms with Crippen molar-refractivity contribution in [2.45, 2.75) is 40.0 Å². The lowest BCUT2D eigenvalue weighted by Crippen LogP contribution is -2.11. The Kier molecular flexibility index (Phi) is 5.17. The molecule has 0 bridgehead atoms. The van der Waals surface area contributed by atoms with E-state index in [9.17, 15) is 0 Å². The molecule has 2 heteroatoms. The van der Waals surface area contributed by atoms with Crippen molar-refractivity contribution in [2.75, 3.05) is 0 Å². The number of fused-ring (bicyclic) bond motifs is 1. The van der Waals surface area contributed by atoms with Crippen molar-refractivity contribution in [2.24, 2.45) is 0 Å². The number of aromatic nitrogens is 1. The van der Waals surface area contributed by atoms with Crippen molar-refractivity contribution in [1.29, 1.82) is 0 Å². The van der Waals surface area contributed by atoms with E-state index in [-0.39, 0.29) is 5.41 Å². The molecule has 5 rings (SSSR count). The Labute approximate surface area is 195 Å². The second kappa shape index (κ2) is 8.04. The lowest BCUT2D eigenvalue weighted by Gasteiger charge is -2.19. The lowest BCUT2D eigenvalue weighted by atomic mass is 9.83. The predicted octanol–water partition coefficient (Wildman–Crippen LogP) is 8.74. The van der Waals surface area contributed by atoms with E-state index in [2.05, 4.69) is 112 Å². The van der Waals surface area contributed by atoms with E-state index in [0.29, 0.717) is 0 Å². The van der Waals surface area contributed by atoms with Gasteiger partial charge in [0, 0.05) is 28.3 Å². The van der Waals surface area contributed by atoms with Crippen LogP contribution in [-0.2, 0) is 5.41 Å². The standard InChI is InChI=1S/C31H29NO/c1-20-8-6-11-25(16-20)30-29(31(3,4)5)26-19-23(12-13-28(26)33-30)22-9-7-10-24(18-22)27-17-21(2)14-15-32-27/h6-19H,1-5H3. The summed E-state index contributed by atoms with van der Waals surface area (Å²) in [6.07, 6.45) is 1.87. The van der Waals surface area contributed by atoms with Gasteiger partial charge in [0.25, 0.3) is 0 Å². The van der Waals surface area contributed by atoms with E-state index in [0.717, 1.165) is 28.2 Å². The highest BCUT2D eigenvalue weighted by atomic mass is 16.3. The van der Waals surface area contributed by atoms with Crippen molar-refractivity contribution in [1.82, 2.24) is 4.98 Å². The van der Waals surface area contributed by atoms with Crippen LogP contribution in [0.3, 0.4) is 0 Å². The Balaban J connectivity index is 1.67. The average molecular weight is 432 g/mol. The van der Waals surface area contributed by atoms with E-state index < -0.39 is 0 Å². The molecule has 0 aliphatic rings. The molecule has 2 heterocycles. The van der Waals surface area contributed by atoms with Crippen LogP contribution in [0.25, 0.3) is 44.7 Å². The molecule has 0 aliphatic heterocycles. The molecule has 2 nitrogen and oxygen atoms in total. The van der Waals surface area contributed by atoms with E-state index in [4.69, 9.17) is 4.42 Å². The Morgan fingerprint density at radius 3 is 2.12 bits per heavy atom. The minimum absolute atomic E-state index is 0.0592. The number of aryl methyl sites for hydroxylation is 2. The fourth-order valence-corrected chi connectivity index (χ4v) is 4.56. The van der Waals surface area contributed by atoms with Gasteiger partial charge in [-0.15, -0.1) is 0 Å². The molecule has 0 atom stereocenters. The maximum absolute atomic E-state index is 6.45. The fraction of sp³-hybridized carbons (Fsp3) is 0.194. The summed E-state index contributed by atoms with van der Waals surface area (Å²) in [6, 6.07) is 27.9. The van der Waals surface area contributed by atoms with Crippen LogP contribution in [0.5, 0.6) is 0 Å². The maximum atomic E-state index is 6.45. The third-order valence-electron chi connectivity index (χ3n) is 6.13. The second-order valence-electron chi connectivity index (χ2n) is 9.94. The Hall–Kier alpha value is -3.65. The summed E-state index contributed by atoms with van der Waals surface area (Å²) in [5, 5.41) is 1.18. The first-order valence-electron chi connectivity index (χ1n) is 11.5. The van der Waals surface area contributed by atoms with Crippen molar-refractivity contribution in [3.05, 3.63) is 102 Å². The van der Waals surface area contributed by atoms with E-state index in [1.165, 1.54) is 33.2 Å². The quantitative estimate of drug-likeness (QED) is 0.285. The van der Waals surface area contributed by atoms with Crippen LogP contribution in [0.15, 0.2) is 89.5 Å². The molecule has 0 spiro atoms. The number of hydrogen-bond acceptors (Lipinski definition) is 2. The molecular weight excluding hydrogens is 402 g/mol. The van der Waals surface area contributed by atoms with Gasteiger partial charge in [0.05, 0.1) is 5.69 Å². The molecule has 33 heavy (non-hydrogen) atoms. The monoisotopic (exact) mass is 431 g/mol. The van der Waals surface area contributed by atoms with Crippen LogP contribution in [0, 0.1) is 13.8 Å². The van der Waals surface area contributed by atoms with Gasteiger partial charge in [-0.25, -0.2) is 0 Å². The molecule has 5 aromatic rings. The summed E-state index contributed by atoms with van der Waals surface area (Å²) in [4.78, 5) is 4.57. The predicted molar refractivity (Wildman–Crippen MR) is 138 cm³/mol.